The van der Waals surface area contributed by atoms with Crippen LogP contribution in [0.5, 0.6) is 5.75 Å². The van der Waals surface area contributed by atoms with Crippen molar-refractivity contribution in [3.63, 3.8) is 0 Å². The van der Waals surface area contributed by atoms with Crippen LogP contribution >= 0.6 is 11.8 Å². The van der Waals surface area contributed by atoms with Crippen LogP contribution in [0, 0.1) is 5.92 Å². The Hall–Kier alpha value is -2.00. The molecule has 1 aliphatic carbocycles. The van der Waals surface area contributed by atoms with Crippen LogP contribution in [0.1, 0.15) is 24.0 Å². The summed E-state index contributed by atoms with van der Waals surface area (Å²) >= 11 is 1.79. The number of allylic oxidation sites excluding steroid dienone is 1. The molecule has 2 aromatic rings. The van der Waals surface area contributed by atoms with Gasteiger partial charge in [-0.1, -0.05) is 36.4 Å². The van der Waals surface area contributed by atoms with Crippen molar-refractivity contribution in [1.82, 2.24) is 0 Å². The third-order valence-electron chi connectivity index (χ3n) is 3.87. The standard InChI is InChI=1S/C20H20O2S/c1-22-20-13-15(8-12-19(21)16-10-11-16)7-9-17(20)14-23-18-5-3-2-4-6-18/h2-9,12-13,16H,10-11,14H2,1H3/b12-8+. The summed E-state index contributed by atoms with van der Waals surface area (Å²) in [7, 11) is 1.69. The fourth-order valence-corrected chi connectivity index (χ4v) is 3.25. The van der Waals surface area contributed by atoms with Gasteiger partial charge >= 0.3 is 0 Å². The maximum absolute atomic E-state index is 11.7. The van der Waals surface area contributed by atoms with Gasteiger partial charge in [0.25, 0.3) is 0 Å². The van der Waals surface area contributed by atoms with Gasteiger partial charge < -0.3 is 4.74 Å². The molecule has 0 N–H and O–H groups in total. The number of ether oxygens (including phenoxy) is 1. The van der Waals surface area contributed by atoms with E-state index in [4.69, 9.17) is 4.74 Å². The van der Waals surface area contributed by atoms with Crippen molar-refractivity contribution in [3.05, 3.63) is 65.7 Å². The molecule has 0 aromatic heterocycles. The molecular formula is C20H20O2S. The molecular weight excluding hydrogens is 304 g/mol. The Morgan fingerprint density at radius 3 is 2.70 bits per heavy atom. The molecule has 0 heterocycles. The molecule has 2 aromatic carbocycles. The molecule has 3 heteroatoms. The Morgan fingerprint density at radius 2 is 2.00 bits per heavy atom. The molecule has 0 spiro atoms. The summed E-state index contributed by atoms with van der Waals surface area (Å²) in [6.07, 6.45) is 5.67. The van der Waals surface area contributed by atoms with E-state index in [1.54, 1.807) is 24.9 Å². The lowest BCUT2D eigenvalue weighted by Gasteiger charge is -2.09. The third-order valence-corrected chi connectivity index (χ3v) is 4.93. The number of hydrogen-bond acceptors (Lipinski definition) is 3. The number of benzene rings is 2. The van der Waals surface area contributed by atoms with Gasteiger partial charge in [-0.3, -0.25) is 4.79 Å². The van der Waals surface area contributed by atoms with Gasteiger partial charge in [0, 0.05) is 22.1 Å². The first-order valence-electron chi connectivity index (χ1n) is 7.83. The summed E-state index contributed by atoms with van der Waals surface area (Å²) in [5, 5.41) is 0. The van der Waals surface area contributed by atoms with Gasteiger partial charge in [0.1, 0.15) is 5.75 Å². The second kappa shape index (κ2) is 7.51. The first-order valence-corrected chi connectivity index (χ1v) is 8.81. The molecule has 3 rings (SSSR count). The smallest absolute Gasteiger partial charge is 0.158 e. The predicted molar refractivity (Wildman–Crippen MR) is 95.8 cm³/mol. The summed E-state index contributed by atoms with van der Waals surface area (Å²) in [4.78, 5) is 13.0. The van der Waals surface area contributed by atoms with Crippen LogP contribution in [0.2, 0.25) is 0 Å². The van der Waals surface area contributed by atoms with Gasteiger partial charge in [-0.15, -0.1) is 11.8 Å². The summed E-state index contributed by atoms with van der Waals surface area (Å²) in [6, 6.07) is 16.5. The van der Waals surface area contributed by atoms with Crippen molar-refractivity contribution in [2.75, 3.05) is 7.11 Å². The van der Waals surface area contributed by atoms with Gasteiger partial charge in [-0.25, -0.2) is 0 Å². The quantitative estimate of drug-likeness (QED) is 0.531. The first-order chi connectivity index (χ1) is 11.3. The zero-order valence-corrected chi connectivity index (χ0v) is 14.0. The van der Waals surface area contributed by atoms with Crippen molar-refractivity contribution in [2.45, 2.75) is 23.5 Å². The Labute approximate surface area is 141 Å². The fourth-order valence-electron chi connectivity index (χ4n) is 2.34. The van der Waals surface area contributed by atoms with E-state index in [0.717, 1.165) is 35.5 Å². The summed E-state index contributed by atoms with van der Waals surface area (Å²) in [6.45, 7) is 0. The summed E-state index contributed by atoms with van der Waals surface area (Å²) < 4.78 is 5.51. The SMILES string of the molecule is COc1cc(/C=C/C(=O)C2CC2)ccc1CSc1ccccc1. The van der Waals surface area contributed by atoms with Gasteiger partial charge in [-0.05, 0) is 42.7 Å². The highest BCUT2D eigenvalue weighted by Gasteiger charge is 2.27. The van der Waals surface area contributed by atoms with E-state index >= 15 is 0 Å². The summed E-state index contributed by atoms with van der Waals surface area (Å²) in [5.41, 5.74) is 2.16. The lowest BCUT2D eigenvalue weighted by molar-refractivity contribution is -0.115. The van der Waals surface area contributed by atoms with Crippen LogP contribution in [-0.2, 0) is 10.5 Å². The molecule has 0 atom stereocenters. The maximum atomic E-state index is 11.7. The monoisotopic (exact) mass is 324 g/mol. The molecule has 1 fully saturated rings. The highest BCUT2D eigenvalue weighted by atomic mass is 32.2. The first kappa shape index (κ1) is 15.9. The second-order valence-electron chi connectivity index (χ2n) is 5.68. The number of thioether (sulfide) groups is 1. The van der Waals surface area contributed by atoms with Crippen LogP contribution in [0.15, 0.2) is 59.5 Å². The van der Waals surface area contributed by atoms with Crippen LogP contribution in [0.4, 0.5) is 0 Å². The zero-order chi connectivity index (χ0) is 16.1. The molecule has 23 heavy (non-hydrogen) atoms. The molecule has 0 bridgehead atoms. The molecule has 0 radical (unpaired) electrons. The summed E-state index contributed by atoms with van der Waals surface area (Å²) in [5.74, 6) is 2.25. The van der Waals surface area contributed by atoms with Crippen molar-refractivity contribution in [2.24, 2.45) is 5.92 Å². The topological polar surface area (TPSA) is 26.3 Å². The van der Waals surface area contributed by atoms with Gasteiger partial charge in [0.15, 0.2) is 5.78 Å². The Morgan fingerprint density at radius 1 is 1.22 bits per heavy atom. The molecule has 0 unspecified atom stereocenters. The van der Waals surface area contributed by atoms with Gasteiger partial charge in [0.2, 0.25) is 0 Å². The molecule has 0 amide bonds. The molecule has 118 valence electrons. The molecule has 1 aliphatic rings. The van der Waals surface area contributed by atoms with Gasteiger partial charge in [-0.2, -0.15) is 0 Å². The normalized spacial score (nSPS) is 14.1. The third kappa shape index (κ3) is 4.49. The minimum Gasteiger partial charge on any atom is -0.496 e. The zero-order valence-electron chi connectivity index (χ0n) is 13.2. The number of rotatable bonds is 7. The van der Waals surface area contributed by atoms with E-state index in [0.29, 0.717) is 0 Å². The van der Waals surface area contributed by atoms with E-state index in [9.17, 15) is 4.79 Å². The van der Waals surface area contributed by atoms with E-state index in [1.165, 1.54) is 4.90 Å². The molecule has 1 saturated carbocycles. The average molecular weight is 324 g/mol. The predicted octanol–water partition coefficient (Wildman–Crippen LogP) is 4.98. The van der Waals surface area contributed by atoms with Crippen LogP contribution < -0.4 is 4.74 Å². The maximum Gasteiger partial charge on any atom is 0.158 e. The number of hydrogen-bond donors (Lipinski definition) is 0. The Bertz CT molecular complexity index is 703. The number of carbonyl (C=O) groups excluding carboxylic acids is 1. The van der Waals surface area contributed by atoms with Crippen LogP contribution in [0.25, 0.3) is 6.08 Å². The minimum absolute atomic E-state index is 0.243. The van der Waals surface area contributed by atoms with Crippen molar-refractivity contribution < 1.29 is 9.53 Å². The van der Waals surface area contributed by atoms with E-state index in [-0.39, 0.29) is 11.7 Å². The Kier molecular flexibility index (Phi) is 5.19. The Balaban J connectivity index is 1.67. The molecule has 0 saturated heterocycles. The number of methoxy groups -OCH3 is 1. The van der Waals surface area contributed by atoms with E-state index in [2.05, 4.69) is 18.2 Å². The fraction of sp³-hybridized carbons (Fsp3) is 0.250. The number of carbonyl (C=O) groups is 1. The molecule has 2 nitrogen and oxygen atoms in total. The van der Waals surface area contributed by atoms with E-state index < -0.39 is 0 Å². The van der Waals surface area contributed by atoms with E-state index in [1.807, 2.05) is 36.4 Å². The average Bonchev–Trinajstić information content (AvgIpc) is 3.44. The highest BCUT2D eigenvalue weighted by molar-refractivity contribution is 7.98. The van der Waals surface area contributed by atoms with Crippen molar-refractivity contribution in [1.29, 1.82) is 0 Å². The molecule has 0 aliphatic heterocycles. The lowest BCUT2D eigenvalue weighted by atomic mass is 10.1. The number of ketones is 1. The lowest BCUT2D eigenvalue weighted by Crippen LogP contribution is -1.94. The van der Waals surface area contributed by atoms with Gasteiger partial charge in [0.05, 0.1) is 7.11 Å². The second-order valence-corrected chi connectivity index (χ2v) is 6.73. The van der Waals surface area contributed by atoms with Crippen molar-refractivity contribution in [3.8, 4) is 5.75 Å². The van der Waals surface area contributed by atoms with Crippen molar-refractivity contribution >= 4 is 23.6 Å². The highest BCUT2D eigenvalue weighted by Crippen LogP contribution is 2.31. The van der Waals surface area contributed by atoms with Crippen LogP contribution in [0.3, 0.4) is 0 Å². The minimum atomic E-state index is 0.243. The largest absolute Gasteiger partial charge is 0.496 e. The van der Waals surface area contributed by atoms with Crippen LogP contribution in [-0.4, -0.2) is 12.9 Å².